The molecule has 0 aromatic rings. The Morgan fingerprint density at radius 3 is 1.18 bits per heavy atom. The van der Waals surface area contributed by atoms with E-state index in [1.54, 1.807) is 0 Å². The zero-order chi connectivity index (χ0) is 16.0. The van der Waals surface area contributed by atoms with Crippen molar-refractivity contribution in [2.75, 3.05) is 0 Å². The molecule has 0 rings (SSSR count). The van der Waals surface area contributed by atoms with Crippen LogP contribution in [0.3, 0.4) is 0 Å². The van der Waals surface area contributed by atoms with E-state index in [-0.39, 0.29) is 34.1 Å². The van der Waals surface area contributed by atoms with Crippen molar-refractivity contribution in [2.45, 2.75) is 79.1 Å². The number of carbonyl (C=O) groups excluding carboxylic acids is 2. The number of unbranched alkanes of at least 4 members (excludes halogenated alkanes) is 2. The van der Waals surface area contributed by atoms with Crippen molar-refractivity contribution in [2.24, 2.45) is 11.8 Å². The van der Waals surface area contributed by atoms with Crippen LogP contribution in [0.5, 0.6) is 0 Å². The molecule has 0 bridgehead atoms. The number of carboxylic acids is 2. The molecule has 2 unspecified atom stereocenters. The van der Waals surface area contributed by atoms with E-state index < -0.39 is 11.9 Å². The minimum atomic E-state index is -0.893. The maximum absolute atomic E-state index is 10.3. The Bertz CT molecular complexity index is 233. The first-order chi connectivity index (χ1) is 9.44. The third-order valence-electron chi connectivity index (χ3n) is 3.46. The van der Waals surface area contributed by atoms with E-state index in [0.717, 1.165) is 38.5 Å². The third-order valence-corrected chi connectivity index (χ3v) is 3.46. The van der Waals surface area contributed by atoms with Crippen LogP contribution in [0, 0.1) is 11.8 Å². The molecule has 0 saturated carbocycles. The van der Waals surface area contributed by atoms with Crippen molar-refractivity contribution < 1.29 is 42.1 Å². The van der Waals surface area contributed by atoms with Crippen LogP contribution < -0.4 is 10.2 Å². The van der Waals surface area contributed by atoms with Gasteiger partial charge in [0.25, 0.3) is 0 Å². The monoisotopic (exact) mass is 363 g/mol. The van der Waals surface area contributed by atoms with Crippen molar-refractivity contribution >= 4 is 11.9 Å². The summed E-state index contributed by atoms with van der Waals surface area (Å²) in [5.41, 5.74) is 0. The third kappa shape index (κ3) is 17.5. The molecule has 0 aliphatic heterocycles. The van der Waals surface area contributed by atoms with Crippen molar-refractivity contribution in [3.8, 4) is 0 Å². The summed E-state index contributed by atoms with van der Waals surface area (Å²) in [7, 11) is 0. The average molecular weight is 363 g/mol. The van der Waals surface area contributed by atoms with Gasteiger partial charge in [-0.05, 0) is 37.5 Å². The van der Waals surface area contributed by atoms with E-state index in [9.17, 15) is 19.8 Å². The van der Waals surface area contributed by atoms with E-state index in [0.29, 0.717) is 12.8 Å². The van der Waals surface area contributed by atoms with E-state index in [1.807, 2.05) is 13.8 Å². The number of hydrogen-bond donors (Lipinski definition) is 0. The smallest absolute Gasteiger partial charge is 0.550 e. The Labute approximate surface area is 145 Å². The summed E-state index contributed by atoms with van der Waals surface area (Å²) >= 11 is 0. The Balaban J connectivity index is -0.000000135. The number of carboxylic acid groups (broad SMARTS) is 2. The van der Waals surface area contributed by atoms with E-state index in [1.165, 1.54) is 0 Å². The average Bonchev–Trinajstić information content (AvgIpc) is 2.40. The molecule has 0 spiro atoms. The molecule has 5 nitrogen and oxygen atoms in total. The van der Waals surface area contributed by atoms with Gasteiger partial charge in [-0.2, -0.15) is 0 Å². The van der Waals surface area contributed by atoms with Crippen LogP contribution in [0.4, 0.5) is 0 Å². The predicted octanol–water partition coefficient (Wildman–Crippen LogP) is 1.08. The van der Waals surface area contributed by atoms with Gasteiger partial charge in [0.05, 0.1) is 0 Å². The second-order valence-electron chi connectivity index (χ2n) is 5.13. The summed E-state index contributed by atoms with van der Waals surface area (Å²) in [6, 6.07) is 0. The minimum absolute atomic E-state index is 0. The standard InChI is InChI=1S/2C8H16O2.Co.H2O/c2*1-3-5-6-7(4-2)8(9)10;;/h2*7H,3-6H2,1-2H3,(H,9,10);;1H2/q;;+2;/p-2. The number of hydrogen-bond acceptors (Lipinski definition) is 4. The van der Waals surface area contributed by atoms with Crippen molar-refractivity contribution in [1.82, 2.24) is 0 Å². The fourth-order valence-electron chi connectivity index (χ4n) is 1.88. The molecular formula is C16H32CoO5. The zero-order valence-electron chi connectivity index (χ0n) is 14.3. The Kier molecular flexibility index (Phi) is 27.3. The van der Waals surface area contributed by atoms with E-state index in [4.69, 9.17) is 0 Å². The molecule has 0 saturated heterocycles. The van der Waals surface area contributed by atoms with Crippen LogP contribution in [0.25, 0.3) is 0 Å². The molecule has 0 aromatic carbocycles. The largest absolute Gasteiger partial charge is 2.00 e. The van der Waals surface area contributed by atoms with Gasteiger partial charge in [0, 0.05) is 11.9 Å². The van der Waals surface area contributed by atoms with Crippen LogP contribution >= 0.6 is 0 Å². The molecule has 22 heavy (non-hydrogen) atoms. The first kappa shape index (κ1) is 29.4. The first-order valence-electron chi connectivity index (χ1n) is 7.86. The normalized spacial score (nSPS) is 11.8. The van der Waals surface area contributed by atoms with E-state index >= 15 is 0 Å². The molecular weight excluding hydrogens is 331 g/mol. The molecule has 135 valence electrons. The van der Waals surface area contributed by atoms with Gasteiger partial charge in [-0.1, -0.05) is 53.4 Å². The maximum Gasteiger partial charge on any atom is 2.00 e. The molecule has 0 aliphatic rings. The molecule has 0 aromatic heterocycles. The SMILES string of the molecule is CCCCC(CC)C(=O)[O-].CCCCC(CC)C(=O)[O-].O.[Co+2]. The van der Waals surface area contributed by atoms with Gasteiger partial charge in [0.2, 0.25) is 0 Å². The second-order valence-corrected chi connectivity index (χ2v) is 5.13. The molecule has 6 heteroatoms. The second kappa shape index (κ2) is 20.4. The van der Waals surface area contributed by atoms with Gasteiger partial charge in [0.1, 0.15) is 0 Å². The van der Waals surface area contributed by atoms with Crippen molar-refractivity contribution in [3.63, 3.8) is 0 Å². The minimum Gasteiger partial charge on any atom is -0.550 e. The summed E-state index contributed by atoms with van der Waals surface area (Å²) in [5, 5.41) is 20.7. The number of carbonyl (C=O) groups is 2. The molecule has 2 N–H and O–H groups in total. The van der Waals surface area contributed by atoms with Crippen molar-refractivity contribution in [1.29, 1.82) is 0 Å². The zero-order valence-corrected chi connectivity index (χ0v) is 15.3. The number of aliphatic carboxylic acids is 2. The summed E-state index contributed by atoms with van der Waals surface area (Å²) < 4.78 is 0. The number of rotatable bonds is 10. The summed E-state index contributed by atoms with van der Waals surface area (Å²) in [4.78, 5) is 20.7. The molecule has 1 radical (unpaired) electrons. The molecule has 0 heterocycles. The fraction of sp³-hybridized carbons (Fsp3) is 0.875. The molecule has 0 aliphatic carbocycles. The quantitative estimate of drug-likeness (QED) is 0.578. The van der Waals surface area contributed by atoms with Gasteiger partial charge in [-0.15, -0.1) is 0 Å². The van der Waals surface area contributed by atoms with Crippen LogP contribution in [0.2, 0.25) is 0 Å². The fourth-order valence-corrected chi connectivity index (χ4v) is 1.88. The maximum atomic E-state index is 10.3. The summed E-state index contributed by atoms with van der Waals surface area (Å²) in [6.45, 7) is 7.89. The Hall–Kier alpha value is -0.594. The summed E-state index contributed by atoms with van der Waals surface area (Å²) in [5.74, 6) is -2.23. The van der Waals surface area contributed by atoms with Crippen molar-refractivity contribution in [3.05, 3.63) is 0 Å². The van der Waals surface area contributed by atoms with Gasteiger partial charge < -0.3 is 25.3 Å². The first-order valence-corrected chi connectivity index (χ1v) is 7.86. The topological polar surface area (TPSA) is 112 Å². The molecule has 0 amide bonds. The van der Waals surface area contributed by atoms with Gasteiger partial charge in [0.15, 0.2) is 0 Å². The Morgan fingerprint density at radius 1 is 0.773 bits per heavy atom. The van der Waals surface area contributed by atoms with Crippen LogP contribution in [-0.4, -0.2) is 17.4 Å². The van der Waals surface area contributed by atoms with Crippen LogP contribution in [-0.2, 0) is 26.4 Å². The van der Waals surface area contributed by atoms with Crippen LogP contribution in [0.15, 0.2) is 0 Å². The summed E-state index contributed by atoms with van der Waals surface area (Å²) in [6.07, 6.45) is 7.04. The molecule has 0 fully saturated rings. The van der Waals surface area contributed by atoms with E-state index in [2.05, 4.69) is 13.8 Å². The van der Waals surface area contributed by atoms with Gasteiger partial charge >= 0.3 is 16.8 Å². The molecule has 2 atom stereocenters. The predicted molar refractivity (Wildman–Crippen MR) is 80.2 cm³/mol. The van der Waals surface area contributed by atoms with Gasteiger partial charge in [-0.3, -0.25) is 0 Å². The Morgan fingerprint density at radius 2 is 1.05 bits per heavy atom. The van der Waals surface area contributed by atoms with Crippen LogP contribution in [0.1, 0.15) is 79.1 Å². The van der Waals surface area contributed by atoms with Gasteiger partial charge in [-0.25, -0.2) is 0 Å².